The van der Waals surface area contributed by atoms with Gasteiger partial charge < -0.3 is 10.4 Å². The molecule has 0 fully saturated rings. The predicted octanol–water partition coefficient (Wildman–Crippen LogP) is 4.01. The van der Waals surface area contributed by atoms with Crippen LogP contribution in [0.5, 0.6) is 0 Å². The van der Waals surface area contributed by atoms with Gasteiger partial charge in [0.05, 0.1) is 28.6 Å². The van der Waals surface area contributed by atoms with Crippen molar-refractivity contribution in [1.29, 1.82) is 0 Å². The number of hydrogen-bond donors (Lipinski definition) is 3. The first-order valence-corrected chi connectivity index (χ1v) is 8.55. The number of anilines is 2. The van der Waals surface area contributed by atoms with Crippen LogP contribution in [0.4, 0.5) is 20.2 Å². The van der Waals surface area contributed by atoms with Gasteiger partial charge in [0.2, 0.25) is 0 Å². The minimum absolute atomic E-state index is 0.0137. The second-order valence-electron chi connectivity index (χ2n) is 5.10. The number of rotatable bonds is 6. The summed E-state index contributed by atoms with van der Waals surface area (Å²) in [5, 5.41) is 12.1. The molecule has 0 heterocycles. The molecule has 0 saturated carbocycles. The highest BCUT2D eigenvalue weighted by Gasteiger charge is 2.18. The first-order valence-electron chi connectivity index (χ1n) is 7.09. The number of hydroxylamine groups is 1. The van der Waals surface area contributed by atoms with Crippen LogP contribution in [0.1, 0.15) is 17.3 Å². The number of hydrogen-bond acceptors (Lipinski definition) is 4. The van der Waals surface area contributed by atoms with E-state index in [4.69, 9.17) is 21.5 Å². The lowest BCUT2D eigenvalue weighted by molar-refractivity contribution is -0.0304. The fraction of sp³-hybridized carbons (Fsp3) is 0.188. The second-order valence-corrected chi connectivity index (χ2v) is 6.76. The van der Waals surface area contributed by atoms with Gasteiger partial charge in [0.1, 0.15) is 6.10 Å². The zero-order valence-corrected chi connectivity index (χ0v) is 15.9. The van der Waals surface area contributed by atoms with Gasteiger partial charge in [-0.05, 0) is 53.8 Å². The lowest BCUT2D eigenvalue weighted by Gasteiger charge is -2.15. The maximum Gasteiger partial charge on any atom is 0.277 e. The van der Waals surface area contributed by atoms with Crippen molar-refractivity contribution in [3.63, 3.8) is 0 Å². The maximum atomic E-state index is 13.6. The minimum Gasteiger partial charge on any atom is -0.394 e. The van der Waals surface area contributed by atoms with E-state index in [2.05, 4.69) is 33.4 Å². The number of nitrogens with one attached hydrogen (secondary N) is 2. The lowest BCUT2D eigenvalue weighted by atomic mass is 10.1. The smallest absolute Gasteiger partial charge is 0.277 e. The molecule has 0 aliphatic rings. The van der Waals surface area contributed by atoms with Gasteiger partial charge in [-0.15, -0.1) is 0 Å². The average Bonchev–Trinajstić information content (AvgIpc) is 2.57. The van der Waals surface area contributed by atoms with Crippen LogP contribution < -0.4 is 10.8 Å². The van der Waals surface area contributed by atoms with Gasteiger partial charge in [-0.25, -0.2) is 14.3 Å². The summed E-state index contributed by atoms with van der Waals surface area (Å²) < 4.78 is 28.1. The predicted molar refractivity (Wildman–Crippen MR) is 98.9 cm³/mol. The number of aliphatic hydroxyl groups excluding tert-OH is 1. The molecule has 3 N–H and O–H groups in total. The van der Waals surface area contributed by atoms with Gasteiger partial charge in [-0.3, -0.25) is 9.63 Å². The lowest BCUT2D eigenvalue weighted by Crippen LogP contribution is -2.30. The Kier molecular flexibility index (Phi) is 6.94. The van der Waals surface area contributed by atoms with Gasteiger partial charge in [0, 0.05) is 9.64 Å². The van der Waals surface area contributed by atoms with E-state index in [0.717, 1.165) is 15.7 Å². The molecule has 25 heavy (non-hydrogen) atoms. The number of amides is 1. The molecule has 134 valence electrons. The SMILES string of the molecule is CC(CO)ONC(=O)c1cc(F)c(F)cc1Nc1ccc(I)cc1Cl. The fourth-order valence-corrected chi connectivity index (χ4v) is 2.72. The highest BCUT2D eigenvalue weighted by Crippen LogP contribution is 2.30. The summed E-state index contributed by atoms with van der Waals surface area (Å²) >= 11 is 8.19. The topological polar surface area (TPSA) is 70.6 Å². The Labute approximate surface area is 161 Å². The van der Waals surface area contributed by atoms with Crippen LogP contribution in [-0.2, 0) is 4.84 Å². The standard InChI is InChI=1S/C16H14ClF2IN2O3/c1-8(7-23)25-22-16(24)10-5-12(18)13(19)6-15(10)21-14-3-2-9(20)4-11(14)17/h2-6,8,21,23H,7H2,1H3,(H,22,24). The van der Waals surface area contributed by atoms with E-state index in [1.807, 2.05) is 0 Å². The first kappa shape index (κ1) is 19.8. The van der Waals surface area contributed by atoms with Crippen molar-refractivity contribution in [3.05, 3.63) is 56.1 Å². The van der Waals surface area contributed by atoms with E-state index in [9.17, 15) is 13.6 Å². The highest BCUT2D eigenvalue weighted by atomic mass is 127. The summed E-state index contributed by atoms with van der Waals surface area (Å²) in [5.41, 5.74) is 2.34. The van der Waals surface area contributed by atoms with Crippen LogP contribution in [0.25, 0.3) is 0 Å². The van der Waals surface area contributed by atoms with Crippen LogP contribution in [0.2, 0.25) is 5.02 Å². The summed E-state index contributed by atoms with van der Waals surface area (Å²) in [5.74, 6) is -3.10. The van der Waals surface area contributed by atoms with E-state index in [-0.39, 0.29) is 17.9 Å². The van der Waals surface area contributed by atoms with Crippen molar-refractivity contribution in [3.8, 4) is 0 Å². The Morgan fingerprint density at radius 2 is 1.96 bits per heavy atom. The Morgan fingerprint density at radius 1 is 1.28 bits per heavy atom. The Bertz CT molecular complexity index is 792. The average molecular weight is 483 g/mol. The third kappa shape index (κ3) is 5.24. The highest BCUT2D eigenvalue weighted by molar-refractivity contribution is 14.1. The maximum absolute atomic E-state index is 13.6. The molecule has 2 aromatic rings. The molecule has 5 nitrogen and oxygen atoms in total. The number of carbonyl (C=O) groups is 1. The van der Waals surface area contributed by atoms with Crippen molar-refractivity contribution >= 4 is 51.5 Å². The molecule has 1 amide bonds. The van der Waals surface area contributed by atoms with Crippen molar-refractivity contribution in [2.45, 2.75) is 13.0 Å². The molecule has 0 bridgehead atoms. The fourth-order valence-electron chi connectivity index (χ4n) is 1.82. The molecule has 1 unspecified atom stereocenters. The quantitative estimate of drug-likeness (QED) is 0.430. The molecule has 1 atom stereocenters. The summed E-state index contributed by atoms with van der Waals surface area (Å²) in [6.07, 6.45) is -0.656. The molecule has 0 spiro atoms. The van der Waals surface area contributed by atoms with Gasteiger partial charge in [0.15, 0.2) is 11.6 Å². The van der Waals surface area contributed by atoms with Gasteiger partial charge >= 0.3 is 0 Å². The zero-order chi connectivity index (χ0) is 18.6. The Balaban J connectivity index is 2.33. The van der Waals surface area contributed by atoms with Crippen molar-refractivity contribution in [1.82, 2.24) is 5.48 Å². The molecule has 0 radical (unpaired) electrons. The third-order valence-electron chi connectivity index (χ3n) is 3.12. The van der Waals surface area contributed by atoms with E-state index < -0.39 is 23.6 Å². The molecule has 2 aromatic carbocycles. The normalized spacial score (nSPS) is 11.9. The molecule has 0 aliphatic heterocycles. The molecule has 2 rings (SSSR count). The zero-order valence-electron chi connectivity index (χ0n) is 12.9. The summed E-state index contributed by atoms with van der Waals surface area (Å²) in [6, 6.07) is 6.70. The van der Waals surface area contributed by atoms with E-state index in [1.54, 1.807) is 18.2 Å². The molecular formula is C16H14ClF2IN2O3. The second kappa shape index (κ2) is 8.75. The molecule has 9 heteroatoms. The third-order valence-corrected chi connectivity index (χ3v) is 4.10. The van der Waals surface area contributed by atoms with Crippen LogP contribution in [0.15, 0.2) is 30.3 Å². The Morgan fingerprint density at radius 3 is 2.60 bits per heavy atom. The summed E-state index contributed by atoms with van der Waals surface area (Å²) in [7, 11) is 0. The molecular weight excluding hydrogens is 469 g/mol. The number of aliphatic hydroxyl groups is 1. The molecule has 0 aromatic heterocycles. The monoisotopic (exact) mass is 482 g/mol. The molecule has 0 aliphatic carbocycles. The van der Waals surface area contributed by atoms with Gasteiger partial charge in [0.25, 0.3) is 5.91 Å². The van der Waals surface area contributed by atoms with E-state index in [0.29, 0.717) is 10.7 Å². The minimum atomic E-state index is -1.18. The van der Waals surface area contributed by atoms with Crippen molar-refractivity contribution in [2.75, 3.05) is 11.9 Å². The summed E-state index contributed by atoms with van der Waals surface area (Å²) in [6.45, 7) is 1.21. The van der Waals surface area contributed by atoms with Crippen LogP contribution in [-0.4, -0.2) is 23.7 Å². The van der Waals surface area contributed by atoms with Crippen LogP contribution in [0, 0.1) is 15.2 Å². The van der Waals surface area contributed by atoms with Crippen molar-refractivity contribution in [2.24, 2.45) is 0 Å². The largest absolute Gasteiger partial charge is 0.394 e. The van der Waals surface area contributed by atoms with Gasteiger partial charge in [-0.1, -0.05) is 11.6 Å². The number of carbonyl (C=O) groups excluding carboxylic acids is 1. The van der Waals surface area contributed by atoms with Gasteiger partial charge in [-0.2, -0.15) is 0 Å². The van der Waals surface area contributed by atoms with Crippen LogP contribution >= 0.6 is 34.2 Å². The van der Waals surface area contributed by atoms with Crippen molar-refractivity contribution < 1.29 is 23.5 Å². The molecule has 0 saturated heterocycles. The Hall–Kier alpha value is -1.49. The first-order chi connectivity index (χ1) is 11.8. The van der Waals surface area contributed by atoms with E-state index in [1.165, 1.54) is 6.92 Å². The summed E-state index contributed by atoms with van der Waals surface area (Å²) in [4.78, 5) is 17.1. The number of halogens is 4. The van der Waals surface area contributed by atoms with Crippen LogP contribution in [0.3, 0.4) is 0 Å². The number of benzene rings is 2. The van der Waals surface area contributed by atoms with E-state index >= 15 is 0 Å².